The maximum absolute atomic E-state index is 5.58. The third-order valence-corrected chi connectivity index (χ3v) is 2.23. The summed E-state index contributed by atoms with van der Waals surface area (Å²) in [5.74, 6) is 0.988. The monoisotopic (exact) mass is 262 g/mol. The zero-order chi connectivity index (χ0) is 8.97. The summed E-state index contributed by atoms with van der Waals surface area (Å²) >= 11 is 0. The highest BCUT2D eigenvalue weighted by Gasteiger charge is 1.96. The van der Waals surface area contributed by atoms with E-state index in [0.29, 0.717) is 14.5 Å². The van der Waals surface area contributed by atoms with Gasteiger partial charge in [0.25, 0.3) is 0 Å². The van der Waals surface area contributed by atoms with Crippen LogP contribution in [-0.2, 0) is 0 Å². The molecule has 0 aliphatic heterocycles. The summed E-state index contributed by atoms with van der Waals surface area (Å²) in [5.41, 5.74) is 1.87. The molecule has 0 amide bonds. The van der Waals surface area contributed by atoms with Crippen molar-refractivity contribution in [2.75, 3.05) is 0 Å². The summed E-state index contributed by atoms with van der Waals surface area (Å²) in [7, 11) is 0.562. The van der Waals surface area contributed by atoms with Gasteiger partial charge in [-0.3, -0.25) is 0 Å². The van der Waals surface area contributed by atoms with Crippen LogP contribution in [0.3, 0.4) is 0 Å². The Hall–Kier alpha value is -0.0700. The number of rotatable bonds is 3. The number of hydrogen-bond acceptors (Lipinski definition) is 1. The molecule has 0 bridgehead atoms. The molecular formula is C10H16BrOP. The van der Waals surface area contributed by atoms with Crippen LogP contribution in [0.15, 0.2) is 24.3 Å². The van der Waals surface area contributed by atoms with Crippen molar-refractivity contribution in [1.29, 1.82) is 0 Å². The van der Waals surface area contributed by atoms with Crippen molar-refractivity contribution in [3.8, 4) is 5.75 Å². The van der Waals surface area contributed by atoms with Crippen molar-refractivity contribution >= 4 is 25.8 Å². The SMILES string of the molecule is Br.Cc1cccc(OPC(C)C)c1. The lowest BCUT2D eigenvalue weighted by molar-refractivity contribution is 0.622. The van der Waals surface area contributed by atoms with Gasteiger partial charge in [0.15, 0.2) is 0 Å². The zero-order valence-corrected chi connectivity index (χ0v) is 10.9. The second-order valence-electron chi connectivity index (χ2n) is 3.19. The van der Waals surface area contributed by atoms with Gasteiger partial charge in [-0.15, -0.1) is 17.0 Å². The highest BCUT2D eigenvalue weighted by atomic mass is 79.9. The maximum atomic E-state index is 5.58. The van der Waals surface area contributed by atoms with E-state index in [-0.39, 0.29) is 17.0 Å². The van der Waals surface area contributed by atoms with E-state index in [4.69, 9.17) is 4.52 Å². The first-order valence-electron chi connectivity index (χ1n) is 4.17. The number of hydrogen-bond donors (Lipinski definition) is 0. The van der Waals surface area contributed by atoms with E-state index < -0.39 is 0 Å². The minimum atomic E-state index is 0. The van der Waals surface area contributed by atoms with Crippen LogP contribution < -0.4 is 4.52 Å². The van der Waals surface area contributed by atoms with Crippen LogP contribution in [0.25, 0.3) is 0 Å². The third kappa shape index (κ3) is 5.28. The molecule has 1 aromatic carbocycles. The minimum Gasteiger partial charge on any atom is -0.477 e. The van der Waals surface area contributed by atoms with Crippen molar-refractivity contribution in [2.45, 2.75) is 26.4 Å². The lowest BCUT2D eigenvalue weighted by atomic mass is 10.2. The normalized spacial score (nSPS) is 10.5. The molecule has 0 saturated carbocycles. The molecule has 0 aliphatic carbocycles. The van der Waals surface area contributed by atoms with Crippen molar-refractivity contribution in [3.63, 3.8) is 0 Å². The van der Waals surface area contributed by atoms with Crippen LogP contribution in [0.4, 0.5) is 0 Å². The van der Waals surface area contributed by atoms with Gasteiger partial charge in [-0.1, -0.05) is 26.0 Å². The first kappa shape index (κ1) is 12.9. The molecule has 1 atom stereocenters. The average Bonchev–Trinajstić information content (AvgIpc) is 2.01. The van der Waals surface area contributed by atoms with Gasteiger partial charge in [-0.05, 0) is 24.6 Å². The van der Waals surface area contributed by atoms with E-state index in [2.05, 4.69) is 32.9 Å². The van der Waals surface area contributed by atoms with E-state index in [0.717, 1.165) is 5.75 Å². The Kier molecular flexibility index (Phi) is 6.36. The van der Waals surface area contributed by atoms with Gasteiger partial charge in [0.05, 0.1) is 8.81 Å². The molecule has 0 saturated heterocycles. The number of aryl methyl sites for hydroxylation is 1. The highest BCUT2D eigenvalue weighted by molar-refractivity contribution is 8.93. The number of benzene rings is 1. The van der Waals surface area contributed by atoms with Crippen LogP contribution in [0, 0.1) is 6.92 Å². The van der Waals surface area contributed by atoms with Gasteiger partial charge in [0.2, 0.25) is 0 Å². The van der Waals surface area contributed by atoms with Gasteiger partial charge >= 0.3 is 0 Å². The Bertz CT molecular complexity index is 250. The molecular weight excluding hydrogens is 247 g/mol. The van der Waals surface area contributed by atoms with Crippen molar-refractivity contribution in [3.05, 3.63) is 29.8 Å². The molecule has 1 nitrogen and oxygen atoms in total. The van der Waals surface area contributed by atoms with Gasteiger partial charge < -0.3 is 4.52 Å². The predicted octanol–water partition coefficient (Wildman–Crippen LogP) is 3.95. The molecule has 0 N–H and O–H groups in total. The summed E-state index contributed by atoms with van der Waals surface area (Å²) in [6.45, 7) is 6.40. The number of halogens is 1. The Morgan fingerprint density at radius 3 is 2.54 bits per heavy atom. The molecule has 0 spiro atoms. The second-order valence-corrected chi connectivity index (χ2v) is 4.79. The van der Waals surface area contributed by atoms with Crippen LogP contribution in [0.2, 0.25) is 0 Å². The van der Waals surface area contributed by atoms with E-state index in [1.165, 1.54) is 5.56 Å². The lowest BCUT2D eigenvalue weighted by Gasteiger charge is -2.07. The minimum absolute atomic E-state index is 0. The van der Waals surface area contributed by atoms with Crippen LogP contribution in [-0.4, -0.2) is 5.66 Å². The van der Waals surface area contributed by atoms with Gasteiger partial charge in [-0.2, -0.15) is 0 Å². The second kappa shape index (κ2) is 6.39. The Balaban J connectivity index is 0.00000144. The topological polar surface area (TPSA) is 9.23 Å². The van der Waals surface area contributed by atoms with Crippen molar-refractivity contribution < 1.29 is 4.52 Å². The van der Waals surface area contributed by atoms with Crippen LogP contribution >= 0.6 is 25.8 Å². The molecule has 0 radical (unpaired) electrons. The summed E-state index contributed by atoms with van der Waals surface area (Å²) in [4.78, 5) is 0. The van der Waals surface area contributed by atoms with Crippen molar-refractivity contribution in [1.82, 2.24) is 0 Å². The zero-order valence-electron chi connectivity index (χ0n) is 8.20. The van der Waals surface area contributed by atoms with Crippen LogP contribution in [0.1, 0.15) is 19.4 Å². The summed E-state index contributed by atoms with van der Waals surface area (Å²) in [6.07, 6.45) is 0. The molecule has 1 unspecified atom stereocenters. The molecule has 3 heteroatoms. The quantitative estimate of drug-likeness (QED) is 0.750. The standard InChI is InChI=1S/C10H15OP.BrH/c1-8(2)12-11-10-6-4-5-9(3)7-10;/h4-8,12H,1-3H3;1H. The Morgan fingerprint density at radius 2 is 2.00 bits per heavy atom. The molecule has 0 heterocycles. The third-order valence-electron chi connectivity index (χ3n) is 1.40. The average molecular weight is 263 g/mol. The van der Waals surface area contributed by atoms with E-state index >= 15 is 0 Å². The van der Waals surface area contributed by atoms with Gasteiger partial charge in [0, 0.05) is 5.66 Å². The lowest BCUT2D eigenvalue weighted by Crippen LogP contribution is -1.88. The van der Waals surface area contributed by atoms with Gasteiger partial charge in [0.1, 0.15) is 5.75 Å². The molecule has 13 heavy (non-hydrogen) atoms. The summed E-state index contributed by atoms with van der Waals surface area (Å²) in [5, 5.41) is 0. The van der Waals surface area contributed by atoms with Crippen molar-refractivity contribution in [2.24, 2.45) is 0 Å². The largest absolute Gasteiger partial charge is 0.477 e. The molecule has 0 fully saturated rings. The van der Waals surface area contributed by atoms with Crippen LogP contribution in [0.5, 0.6) is 5.75 Å². The predicted molar refractivity (Wildman–Crippen MR) is 65.6 cm³/mol. The Morgan fingerprint density at radius 1 is 1.31 bits per heavy atom. The fourth-order valence-electron chi connectivity index (χ4n) is 0.865. The van der Waals surface area contributed by atoms with E-state index in [9.17, 15) is 0 Å². The molecule has 0 aliphatic rings. The maximum Gasteiger partial charge on any atom is 0.123 e. The fraction of sp³-hybridized carbons (Fsp3) is 0.400. The molecule has 0 aromatic heterocycles. The summed E-state index contributed by atoms with van der Waals surface area (Å²) < 4.78 is 5.58. The molecule has 1 aromatic rings. The highest BCUT2D eigenvalue weighted by Crippen LogP contribution is 2.24. The summed E-state index contributed by atoms with van der Waals surface area (Å²) in [6, 6.07) is 8.17. The molecule has 1 rings (SSSR count). The van der Waals surface area contributed by atoms with Gasteiger partial charge in [-0.25, -0.2) is 0 Å². The molecule has 74 valence electrons. The fourth-order valence-corrected chi connectivity index (χ4v) is 1.36. The smallest absolute Gasteiger partial charge is 0.123 e. The van der Waals surface area contributed by atoms with E-state index in [1.54, 1.807) is 0 Å². The van der Waals surface area contributed by atoms with E-state index in [1.807, 2.05) is 12.1 Å². The first-order chi connectivity index (χ1) is 5.68. The first-order valence-corrected chi connectivity index (χ1v) is 5.16. The Labute approximate surface area is 92.5 Å².